The van der Waals surface area contributed by atoms with Crippen LogP contribution in [0.5, 0.6) is 5.75 Å². The summed E-state index contributed by atoms with van der Waals surface area (Å²) in [5.74, 6) is -0.764. The number of H-pyrrole nitrogens is 1. The average Bonchev–Trinajstić information content (AvgIpc) is 2.15. The first-order valence-corrected chi connectivity index (χ1v) is 4.43. The Morgan fingerprint density at radius 3 is 2.88 bits per heavy atom. The number of aromatic nitrogens is 2. The number of hydrogen-bond acceptors (Lipinski definition) is 5. The van der Waals surface area contributed by atoms with Crippen molar-refractivity contribution in [2.45, 2.75) is 0 Å². The molecule has 0 aromatic carbocycles. The normalized spacial score (nSPS) is 10.6. The smallest absolute Gasteiger partial charge is 0.377 e. The third kappa shape index (κ3) is 1.47. The van der Waals surface area contributed by atoms with Gasteiger partial charge in [-0.2, -0.15) is 0 Å². The number of rotatable bonds is 1. The minimum atomic E-state index is -1.00. The summed E-state index contributed by atoms with van der Waals surface area (Å²) in [7, 11) is 0. The predicted molar refractivity (Wildman–Crippen MR) is 55.7 cm³/mol. The van der Waals surface area contributed by atoms with Crippen molar-refractivity contribution < 1.29 is 10.0 Å². The summed E-state index contributed by atoms with van der Waals surface area (Å²) in [6, 6.07) is 1.34. The van der Waals surface area contributed by atoms with Gasteiger partial charge in [0, 0.05) is 6.20 Å². The van der Waals surface area contributed by atoms with Crippen LogP contribution in [0.25, 0.3) is 11.0 Å². The molecule has 8 heteroatoms. The van der Waals surface area contributed by atoms with Gasteiger partial charge in [0.15, 0.2) is 0 Å². The van der Waals surface area contributed by atoms with Gasteiger partial charge in [0.25, 0.3) is 0 Å². The van der Waals surface area contributed by atoms with Crippen molar-refractivity contribution in [3.8, 4) is 5.75 Å². The van der Waals surface area contributed by atoms with Crippen LogP contribution in [0.15, 0.2) is 17.1 Å². The van der Waals surface area contributed by atoms with Crippen LogP contribution in [-0.2, 0) is 0 Å². The van der Waals surface area contributed by atoms with Crippen LogP contribution < -0.4 is 5.56 Å². The lowest BCUT2D eigenvalue weighted by Gasteiger charge is -2.00. The third-order valence-corrected chi connectivity index (χ3v) is 2.16. The maximum Gasteiger partial charge on any atom is 0.377 e. The lowest BCUT2D eigenvalue weighted by molar-refractivity contribution is -0.387. The number of aromatic amines is 1. The second kappa shape index (κ2) is 3.46. The highest BCUT2D eigenvalue weighted by molar-refractivity contribution is 6.31. The SMILES string of the molecule is O=c1[nH]c2cc(Cl)cnc2c(O)c1[N+](=O)[O-]. The van der Waals surface area contributed by atoms with Gasteiger partial charge < -0.3 is 10.1 Å². The molecular weight excluding hydrogens is 238 g/mol. The Bertz CT molecular complexity index is 652. The number of hydrogen-bond donors (Lipinski definition) is 2. The van der Waals surface area contributed by atoms with Crippen molar-refractivity contribution in [3.05, 3.63) is 37.8 Å². The molecule has 0 fully saturated rings. The van der Waals surface area contributed by atoms with Crippen molar-refractivity contribution in [3.63, 3.8) is 0 Å². The maximum atomic E-state index is 11.3. The van der Waals surface area contributed by atoms with E-state index >= 15 is 0 Å². The first-order chi connectivity index (χ1) is 7.50. The molecule has 0 aliphatic heterocycles. The fraction of sp³-hybridized carbons (Fsp3) is 0. The van der Waals surface area contributed by atoms with Gasteiger partial charge >= 0.3 is 11.2 Å². The molecule has 2 aromatic heterocycles. The molecule has 0 bridgehead atoms. The molecule has 2 aromatic rings. The van der Waals surface area contributed by atoms with Crippen LogP contribution in [-0.4, -0.2) is 20.0 Å². The lowest BCUT2D eigenvalue weighted by atomic mass is 10.3. The maximum absolute atomic E-state index is 11.3. The highest BCUT2D eigenvalue weighted by Gasteiger charge is 2.22. The number of aromatic hydroxyl groups is 1. The van der Waals surface area contributed by atoms with Crippen LogP contribution in [0.3, 0.4) is 0 Å². The molecule has 0 spiro atoms. The van der Waals surface area contributed by atoms with E-state index in [4.69, 9.17) is 11.6 Å². The standard InChI is InChI=1S/C8H4ClN3O4/c9-3-1-4-5(10-2-3)7(13)6(12(15)16)8(14)11-4/h1-2H,(H2,11,13,14). The number of nitro groups is 1. The van der Waals surface area contributed by atoms with E-state index in [9.17, 15) is 20.0 Å². The molecule has 0 amide bonds. The molecule has 2 N–H and O–H groups in total. The molecule has 0 radical (unpaired) electrons. The Morgan fingerprint density at radius 1 is 1.56 bits per heavy atom. The highest BCUT2D eigenvalue weighted by atomic mass is 35.5. The summed E-state index contributed by atoms with van der Waals surface area (Å²) in [6.45, 7) is 0. The molecule has 0 saturated heterocycles. The summed E-state index contributed by atoms with van der Waals surface area (Å²) in [5, 5.41) is 20.3. The Morgan fingerprint density at radius 2 is 2.25 bits per heavy atom. The van der Waals surface area contributed by atoms with Gasteiger partial charge in [-0.05, 0) is 6.07 Å². The molecule has 0 unspecified atom stereocenters. The quantitative estimate of drug-likeness (QED) is 0.576. The molecule has 0 atom stereocenters. The van der Waals surface area contributed by atoms with Crippen LogP contribution in [0.2, 0.25) is 5.02 Å². The Kier molecular flexibility index (Phi) is 2.24. The van der Waals surface area contributed by atoms with E-state index in [-0.39, 0.29) is 16.1 Å². The summed E-state index contributed by atoms with van der Waals surface area (Å²) in [4.78, 5) is 26.8. The van der Waals surface area contributed by atoms with E-state index in [2.05, 4.69) is 9.97 Å². The van der Waals surface area contributed by atoms with Gasteiger partial charge in [-0.15, -0.1) is 0 Å². The van der Waals surface area contributed by atoms with Gasteiger partial charge in [-0.1, -0.05) is 11.6 Å². The van der Waals surface area contributed by atoms with Crippen molar-refractivity contribution >= 4 is 28.3 Å². The monoisotopic (exact) mass is 241 g/mol. The number of nitrogens with one attached hydrogen (secondary N) is 1. The van der Waals surface area contributed by atoms with Crippen molar-refractivity contribution in [1.82, 2.24) is 9.97 Å². The van der Waals surface area contributed by atoms with Crippen LogP contribution in [0, 0.1) is 10.1 Å². The number of nitrogens with zero attached hydrogens (tertiary/aromatic N) is 2. The summed E-state index contributed by atoms with van der Waals surface area (Å²) in [5.41, 5.74) is -1.86. The van der Waals surface area contributed by atoms with Crippen molar-refractivity contribution in [2.24, 2.45) is 0 Å². The van der Waals surface area contributed by atoms with E-state index in [1.165, 1.54) is 12.3 Å². The average molecular weight is 242 g/mol. The Labute approximate surface area is 92.5 Å². The fourth-order valence-electron chi connectivity index (χ4n) is 1.29. The number of pyridine rings is 2. The molecule has 7 nitrogen and oxygen atoms in total. The van der Waals surface area contributed by atoms with Crippen molar-refractivity contribution in [1.29, 1.82) is 0 Å². The Balaban J connectivity index is 2.94. The zero-order valence-corrected chi connectivity index (χ0v) is 8.35. The minimum Gasteiger partial charge on any atom is -0.500 e. The summed E-state index contributed by atoms with van der Waals surface area (Å²) in [6.07, 6.45) is 1.21. The molecule has 0 aliphatic carbocycles. The molecule has 2 rings (SSSR count). The molecule has 82 valence electrons. The van der Waals surface area contributed by atoms with E-state index in [0.717, 1.165) is 0 Å². The van der Waals surface area contributed by atoms with E-state index in [0.29, 0.717) is 0 Å². The molecular formula is C8H4ClN3O4. The van der Waals surface area contributed by atoms with Crippen LogP contribution in [0.1, 0.15) is 0 Å². The summed E-state index contributed by atoms with van der Waals surface area (Å²) < 4.78 is 0. The molecule has 16 heavy (non-hydrogen) atoms. The van der Waals surface area contributed by atoms with Crippen LogP contribution >= 0.6 is 11.6 Å². The second-order valence-electron chi connectivity index (χ2n) is 2.96. The van der Waals surface area contributed by atoms with Gasteiger partial charge in [0.05, 0.1) is 15.5 Å². The first-order valence-electron chi connectivity index (χ1n) is 4.05. The molecule has 0 aliphatic rings. The van der Waals surface area contributed by atoms with E-state index in [1.54, 1.807) is 0 Å². The first kappa shape index (κ1) is 10.4. The second-order valence-corrected chi connectivity index (χ2v) is 3.39. The number of fused-ring (bicyclic) bond motifs is 1. The van der Waals surface area contributed by atoms with Gasteiger partial charge in [0.2, 0.25) is 5.75 Å². The third-order valence-electron chi connectivity index (χ3n) is 1.95. The van der Waals surface area contributed by atoms with Gasteiger partial charge in [-0.3, -0.25) is 14.9 Å². The minimum absolute atomic E-state index is 0.0734. The predicted octanol–water partition coefficient (Wildman–Crippen LogP) is 1.19. The van der Waals surface area contributed by atoms with E-state index < -0.39 is 21.9 Å². The highest BCUT2D eigenvalue weighted by Crippen LogP contribution is 2.28. The Hall–Kier alpha value is -2.15. The van der Waals surface area contributed by atoms with Gasteiger partial charge in [-0.25, -0.2) is 4.98 Å². The lowest BCUT2D eigenvalue weighted by Crippen LogP contribution is -2.12. The largest absolute Gasteiger partial charge is 0.500 e. The van der Waals surface area contributed by atoms with Crippen molar-refractivity contribution in [2.75, 3.05) is 0 Å². The van der Waals surface area contributed by atoms with Crippen LogP contribution in [0.4, 0.5) is 5.69 Å². The molecule has 0 saturated carbocycles. The van der Waals surface area contributed by atoms with E-state index in [1.807, 2.05) is 0 Å². The molecule has 2 heterocycles. The van der Waals surface area contributed by atoms with Gasteiger partial charge in [0.1, 0.15) is 5.52 Å². The summed E-state index contributed by atoms with van der Waals surface area (Å²) >= 11 is 5.63. The number of halogens is 1. The topological polar surface area (TPSA) is 109 Å². The zero-order valence-electron chi connectivity index (χ0n) is 7.60. The zero-order chi connectivity index (χ0) is 11.9. The fourth-order valence-corrected chi connectivity index (χ4v) is 1.45.